The average molecular weight is 260 g/mol. The lowest BCUT2D eigenvalue weighted by molar-refractivity contribution is 0.0601. The largest absolute Gasteiger partial charge is 0.465 e. The zero-order chi connectivity index (χ0) is 13.8. The van der Waals surface area contributed by atoms with Gasteiger partial charge in [0.15, 0.2) is 0 Å². The van der Waals surface area contributed by atoms with Crippen molar-refractivity contribution in [2.75, 3.05) is 18.2 Å². The molecular formula is C14H13FN2O2. The van der Waals surface area contributed by atoms with E-state index in [9.17, 15) is 9.18 Å². The van der Waals surface area contributed by atoms with Crippen molar-refractivity contribution in [2.24, 2.45) is 0 Å². The van der Waals surface area contributed by atoms with Crippen LogP contribution in [0.4, 0.5) is 21.5 Å². The summed E-state index contributed by atoms with van der Waals surface area (Å²) in [6.45, 7) is 0. The minimum atomic E-state index is -0.455. The van der Waals surface area contributed by atoms with Gasteiger partial charge < -0.3 is 15.8 Å². The highest BCUT2D eigenvalue weighted by molar-refractivity contribution is 5.92. The standard InChI is InChI=1S/C14H13FN2O2/c1-19-14(18)9-5-6-13(12(16)7-9)17-11-4-2-3-10(15)8-11/h2-8,17H,16H2,1H3. The van der Waals surface area contributed by atoms with Crippen LogP contribution in [0.2, 0.25) is 0 Å². The number of rotatable bonds is 3. The number of halogens is 1. The Morgan fingerprint density at radius 3 is 2.68 bits per heavy atom. The fourth-order valence-corrected chi connectivity index (χ4v) is 1.64. The lowest BCUT2D eigenvalue weighted by Gasteiger charge is -2.10. The predicted molar refractivity (Wildman–Crippen MR) is 71.9 cm³/mol. The first-order valence-corrected chi connectivity index (χ1v) is 5.60. The van der Waals surface area contributed by atoms with Crippen LogP contribution in [-0.2, 0) is 4.74 Å². The number of methoxy groups -OCH3 is 1. The average Bonchev–Trinajstić information content (AvgIpc) is 2.40. The van der Waals surface area contributed by atoms with Crippen molar-refractivity contribution in [3.8, 4) is 0 Å². The Balaban J connectivity index is 2.24. The molecule has 0 saturated heterocycles. The molecule has 0 spiro atoms. The lowest BCUT2D eigenvalue weighted by atomic mass is 10.1. The Labute approximate surface area is 110 Å². The molecule has 0 fully saturated rings. The van der Waals surface area contributed by atoms with Crippen LogP contribution in [0.3, 0.4) is 0 Å². The molecule has 2 aromatic carbocycles. The molecule has 0 atom stereocenters. The quantitative estimate of drug-likeness (QED) is 0.658. The van der Waals surface area contributed by atoms with Crippen LogP contribution in [0, 0.1) is 5.82 Å². The van der Waals surface area contributed by atoms with E-state index in [1.54, 1.807) is 24.3 Å². The van der Waals surface area contributed by atoms with Gasteiger partial charge in [0, 0.05) is 5.69 Å². The highest BCUT2D eigenvalue weighted by atomic mass is 19.1. The third-order valence-electron chi connectivity index (χ3n) is 2.58. The van der Waals surface area contributed by atoms with Gasteiger partial charge in [0.2, 0.25) is 0 Å². The number of nitrogens with two attached hydrogens (primary N) is 1. The topological polar surface area (TPSA) is 64.3 Å². The van der Waals surface area contributed by atoms with E-state index >= 15 is 0 Å². The molecule has 3 N–H and O–H groups in total. The minimum Gasteiger partial charge on any atom is -0.465 e. The van der Waals surface area contributed by atoms with E-state index in [2.05, 4.69) is 10.1 Å². The molecule has 0 aliphatic rings. The van der Waals surface area contributed by atoms with Crippen LogP contribution in [-0.4, -0.2) is 13.1 Å². The maximum Gasteiger partial charge on any atom is 0.337 e. The van der Waals surface area contributed by atoms with Crippen LogP contribution in [0.1, 0.15) is 10.4 Å². The maximum absolute atomic E-state index is 13.1. The molecule has 4 nitrogen and oxygen atoms in total. The summed E-state index contributed by atoms with van der Waals surface area (Å²) in [5.74, 6) is -0.793. The normalized spacial score (nSPS) is 10.0. The van der Waals surface area contributed by atoms with Crippen LogP contribution >= 0.6 is 0 Å². The van der Waals surface area contributed by atoms with Gasteiger partial charge in [-0.25, -0.2) is 9.18 Å². The van der Waals surface area contributed by atoms with Crippen molar-refractivity contribution < 1.29 is 13.9 Å². The van der Waals surface area contributed by atoms with E-state index < -0.39 is 5.97 Å². The van der Waals surface area contributed by atoms with Gasteiger partial charge in [0.05, 0.1) is 24.0 Å². The highest BCUT2D eigenvalue weighted by Crippen LogP contribution is 2.24. The number of benzene rings is 2. The molecule has 0 saturated carbocycles. The minimum absolute atomic E-state index is 0.338. The molecule has 0 amide bonds. The molecule has 0 aliphatic heterocycles. The molecule has 0 aliphatic carbocycles. The van der Waals surface area contributed by atoms with Gasteiger partial charge >= 0.3 is 5.97 Å². The Morgan fingerprint density at radius 2 is 2.05 bits per heavy atom. The summed E-state index contributed by atoms with van der Waals surface area (Å²) in [5, 5.41) is 2.98. The first-order chi connectivity index (χ1) is 9.10. The Hall–Kier alpha value is -2.56. The molecular weight excluding hydrogens is 247 g/mol. The van der Waals surface area contributed by atoms with Crippen LogP contribution in [0.15, 0.2) is 42.5 Å². The third kappa shape index (κ3) is 3.01. The summed E-state index contributed by atoms with van der Waals surface area (Å²) >= 11 is 0. The molecule has 0 bridgehead atoms. The third-order valence-corrected chi connectivity index (χ3v) is 2.58. The summed E-state index contributed by atoms with van der Waals surface area (Å²) in [7, 11) is 1.30. The zero-order valence-corrected chi connectivity index (χ0v) is 10.3. The Bertz CT molecular complexity index is 614. The van der Waals surface area contributed by atoms with Gasteiger partial charge in [0.25, 0.3) is 0 Å². The number of hydrogen-bond acceptors (Lipinski definition) is 4. The summed E-state index contributed by atoms with van der Waals surface area (Å²) in [5.41, 5.74) is 7.76. The van der Waals surface area contributed by atoms with Crippen molar-refractivity contribution in [3.63, 3.8) is 0 Å². The number of nitrogens with one attached hydrogen (secondary N) is 1. The number of carbonyl (C=O) groups is 1. The van der Waals surface area contributed by atoms with Crippen LogP contribution < -0.4 is 11.1 Å². The Kier molecular flexibility index (Phi) is 3.66. The van der Waals surface area contributed by atoms with E-state index in [0.717, 1.165) is 0 Å². The summed E-state index contributed by atoms with van der Waals surface area (Å²) in [4.78, 5) is 11.3. The predicted octanol–water partition coefficient (Wildman–Crippen LogP) is 2.94. The maximum atomic E-state index is 13.1. The SMILES string of the molecule is COC(=O)c1ccc(Nc2cccc(F)c2)c(N)c1. The van der Waals surface area contributed by atoms with Gasteiger partial charge in [-0.15, -0.1) is 0 Å². The van der Waals surface area contributed by atoms with Crippen molar-refractivity contribution in [2.45, 2.75) is 0 Å². The summed E-state index contributed by atoms with van der Waals surface area (Å²) < 4.78 is 17.7. The molecule has 98 valence electrons. The van der Waals surface area contributed by atoms with Crippen LogP contribution in [0.25, 0.3) is 0 Å². The number of anilines is 3. The van der Waals surface area contributed by atoms with Gasteiger partial charge in [-0.2, -0.15) is 0 Å². The first-order valence-electron chi connectivity index (χ1n) is 5.60. The second kappa shape index (κ2) is 5.39. The molecule has 2 aromatic rings. The van der Waals surface area contributed by atoms with E-state index in [0.29, 0.717) is 22.6 Å². The molecule has 0 unspecified atom stereocenters. The summed E-state index contributed by atoms with van der Waals surface area (Å²) in [6.07, 6.45) is 0. The number of nitrogen functional groups attached to an aromatic ring is 1. The smallest absolute Gasteiger partial charge is 0.337 e. The van der Waals surface area contributed by atoms with E-state index in [4.69, 9.17) is 5.73 Å². The van der Waals surface area contributed by atoms with Crippen molar-refractivity contribution in [3.05, 3.63) is 53.8 Å². The van der Waals surface area contributed by atoms with E-state index in [-0.39, 0.29) is 5.82 Å². The first kappa shape index (κ1) is 12.9. The van der Waals surface area contributed by atoms with Gasteiger partial charge in [0.1, 0.15) is 5.82 Å². The van der Waals surface area contributed by atoms with Gasteiger partial charge in [-0.05, 0) is 36.4 Å². The zero-order valence-electron chi connectivity index (χ0n) is 10.3. The van der Waals surface area contributed by atoms with Crippen molar-refractivity contribution in [1.29, 1.82) is 0 Å². The second-order valence-electron chi connectivity index (χ2n) is 3.93. The van der Waals surface area contributed by atoms with Gasteiger partial charge in [-0.1, -0.05) is 6.07 Å². The van der Waals surface area contributed by atoms with Crippen molar-refractivity contribution in [1.82, 2.24) is 0 Å². The molecule has 2 rings (SSSR count). The molecule has 0 radical (unpaired) electrons. The van der Waals surface area contributed by atoms with Crippen molar-refractivity contribution >= 4 is 23.0 Å². The van der Waals surface area contributed by atoms with E-state index in [1.807, 2.05) is 0 Å². The molecule has 0 aromatic heterocycles. The monoisotopic (exact) mass is 260 g/mol. The molecule has 0 heterocycles. The number of carbonyl (C=O) groups excluding carboxylic acids is 1. The summed E-state index contributed by atoms with van der Waals surface area (Å²) in [6, 6.07) is 10.8. The van der Waals surface area contributed by atoms with Crippen LogP contribution in [0.5, 0.6) is 0 Å². The fraction of sp³-hybridized carbons (Fsp3) is 0.0714. The number of ether oxygens (including phenoxy) is 1. The molecule has 19 heavy (non-hydrogen) atoms. The second-order valence-corrected chi connectivity index (χ2v) is 3.93. The molecule has 5 heteroatoms. The highest BCUT2D eigenvalue weighted by Gasteiger charge is 2.08. The van der Waals surface area contributed by atoms with Gasteiger partial charge in [-0.3, -0.25) is 0 Å². The lowest BCUT2D eigenvalue weighted by Crippen LogP contribution is -2.03. The Morgan fingerprint density at radius 1 is 1.26 bits per heavy atom. The number of hydrogen-bond donors (Lipinski definition) is 2. The fourth-order valence-electron chi connectivity index (χ4n) is 1.64. The van der Waals surface area contributed by atoms with E-state index in [1.165, 1.54) is 25.3 Å². The number of esters is 1.